The molecule has 5 N–H and O–H groups in total. The molecule has 3 aromatic rings. The van der Waals surface area contributed by atoms with Gasteiger partial charge in [-0.2, -0.15) is 0 Å². The number of hydrogen-bond acceptors (Lipinski definition) is 4. The Labute approximate surface area is 124 Å². The van der Waals surface area contributed by atoms with Gasteiger partial charge >= 0.3 is 0 Å². The number of aromatic amines is 1. The van der Waals surface area contributed by atoms with E-state index in [0.29, 0.717) is 11.4 Å². The summed E-state index contributed by atoms with van der Waals surface area (Å²) in [6.45, 7) is 0. The van der Waals surface area contributed by atoms with Crippen molar-refractivity contribution >= 4 is 28.4 Å². The smallest absolute Gasteiger partial charge is 0.278 e. The summed E-state index contributed by atoms with van der Waals surface area (Å²) in [5.74, 6) is -1.28. The lowest BCUT2D eigenvalue weighted by molar-refractivity contribution is 0.0993. The van der Waals surface area contributed by atoms with Crippen molar-refractivity contribution in [3.8, 4) is 5.75 Å². The highest BCUT2D eigenvalue weighted by Gasteiger charge is 2.13. The Morgan fingerprint density at radius 3 is 2.77 bits per heavy atom. The first kappa shape index (κ1) is 13.6. The predicted octanol–water partition coefficient (Wildman–Crippen LogP) is 1.62. The number of amides is 2. The van der Waals surface area contributed by atoms with Crippen LogP contribution < -0.4 is 11.1 Å². The molecule has 0 saturated heterocycles. The second kappa shape index (κ2) is 5.21. The maximum atomic E-state index is 12.1. The average molecular weight is 296 g/mol. The van der Waals surface area contributed by atoms with Gasteiger partial charge in [0.05, 0.1) is 0 Å². The molecule has 3 rings (SSSR count). The van der Waals surface area contributed by atoms with Crippen LogP contribution in [-0.4, -0.2) is 26.9 Å². The number of anilines is 1. The highest BCUT2D eigenvalue weighted by atomic mass is 16.3. The van der Waals surface area contributed by atoms with Gasteiger partial charge in [0.15, 0.2) is 5.69 Å². The second-order valence-electron chi connectivity index (χ2n) is 4.67. The van der Waals surface area contributed by atoms with Crippen molar-refractivity contribution in [3.63, 3.8) is 0 Å². The summed E-state index contributed by atoms with van der Waals surface area (Å²) in [5, 5.41) is 13.0. The van der Waals surface area contributed by atoms with Crippen LogP contribution in [0, 0.1) is 0 Å². The molecule has 0 fully saturated rings. The van der Waals surface area contributed by atoms with Crippen molar-refractivity contribution in [2.75, 3.05) is 5.32 Å². The Morgan fingerprint density at radius 2 is 2.05 bits per heavy atom. The van der Waals surface area contributed by atoms with Crippen LogP contribution in [0.4, 0.5) is 5.69 Å². The number of hydrogen-bond donors (Lipinski definition) is 4. The van der Waals surface area contributed by atoms with E-state index in [1.54, 1.807) is 24.3 Å². The van der Waals surface area contributed by atoms with E-state index in [1.165, 1.54) is 18.3 Å². The number of aromatic nitrogens is 2. The van der Waals surface area contributed by atoms with Crippen LogP contribution in [0.2, 0.25) is 0 Å². The maximum absolute atomic E-state index is 12.1. The minimum atomic E-state index is -0.555. The zero-order chi connectivity index (χ0) is 15.7. The topological polar surface area (TPSA) is 121 Å². The van der Waals surface area contributed by atoms with Gasteiger partial charge in [0.2, 0.25) is 0 Å². The number of benzene rings is 1. The number of carbonyl (C=O) groups is 2. The monoisotopic (exact) mass is 296 g/mol. The Balaban J connectivity index is 1.89. The molecule has 22 heavy (non-hydrogen) atoms. The molecule has 0 bridgehead atoms. The standard InChI is InChI=1S/C15H12N4O3/c16-14(21)11-7-8-6-9(3-4-10(8)19-11)18-15(22)13-12(20)2-1-5-17-13/h1-7,19-20H,(H2,16,21)(H,18,22). The van der Waals surface area contributed by atoms with Crippen molar-refractivity contribution in [1.82, 2.24) is 9.97 Å². The molecule has 7 nitrogen and oxygen atoms in total. The van der Waals surface area contributed by atoms with E-state index in [4.69, 9.17) is 5.73 Å². The van der Waals surface area contributed by atoms with Gasteiger partial charge in [0, 0.05) is 22.8 Å². The van der Waals surface area contributed by atoms with Crippen molar-refractivity contribution in [2.45, 2.75) is 0 Å². The number of fused-ring (bicyclic) bond motifs is 1. The van der Waals surface area contributed by atoms with Crippen LogP contribution in [0.1, 0.15) is 21.0 Å². The number of nitrogens with two attached hydrogens (primary N) is 1. The van der Waals surface area contributed by atoms with Gasteiger partial charge in [-0.25, -0.2) is 4.98 Å². The van der Waals surface area contributed by atoms with E-state index in [9.17, 15) is 14.7 Å². The lowest BCUT2D eigenvalue weighted by Gasteiger charge is -2.05. The van der Waals surface area contributed by atoms with E-state index in [2.05, 4.69) is 15.3 Å². The zero-order valence-electron chi connectivity index (χ0n) is 11.3. The molecular formula is C15H12N4O3. The van der Waals surface area contributed by atoms with E-state index in [0.717, 1.165) is 10.9 Å². The Morgan fingerprint density at radius 1 is 1.23 bits per heavy atom. The summed E-state index contributed by atoms with van der Waals surface area (Å²) in [4.78, 5) is 29.9. The van der Waals surface area contributed by atoms with Crippen molar-refractivity contribution in [3.05, 3.63) is 54.0 Å². The van der Waals surface area contributed by atoms with E-state index in [-0.39, 0.29) is 11.4 Å². The van der Waals surface area contributed by atoms with Crippen molar-refractivity contribution in [1.29, 1.82) is 0 Å². The molecule has 2 amide bonds. The van der Waals surface area contributed by atoms with Crippen LogP contribution in [-0.2, 0) is 0 Å². The average Bonchev–Trinajstić information content (AvgIpc) is 2.91. The highest BCUT2D eigenvalue weighted by molar-refractivity contribution is 6.06. The summed E-state index contributed by atoms with van der Waals surface area (Å²) in [6, 6.07) is 9.60. The minimum Gasteiger partial charge on any atom is -0.505 e. The van der Waals surface area contributed by atoms with Crippen LogP contribution in [0.15, 0.2) is 42.6 Å². The van der Waals surface area contributed by atoms with E-state index >= 15 is 0 Å². The quantitative estimate of drug-likeness (QED) is 0.586. The van der Waals surface area contributed by atoms with E-state index in [1.807, 2.05) is 0 Å². The lowest BCUT2D eigenvalue weighted by atomic mass is 10.2. The number of primary amides is 1. The first-order valence-corrected chi connectivity index (χ1v) is 6.42. The summed E-state index contributed by atoms with van der Waals surface area (Å²) < 4.78 is 0. The molecule has 7 heteroatoms. The van der Waals surface area contributed by atoms with Gasteiger partial charge in [-0.15, -0.1) is 0 Å². The summed E-state index contributed by atoms with van der Waals surface area (Å²) in [7, 11) is 0. The molecule has 2 heterocycles. The molecule has 1 aromatic carbocycles. The van der Waals surface area contributed by atoms with Crippen molar-refractivity contribution < 1.29 is 14.7 Å². The fourth-order valence-corrected chi connectivity index (χ4v) is 2.11. The van der Waals surface area contributed by atoms with Gasteiger partial charge in [-0.05, 0) is 36.4 Å². The summed E-state index contributed by atoms with van der Waals surface area (Å²) in [6.07, 6.45) is 1.42. The maximum Gasteiger partial charge on any atom is 0.278 e. The van der Waals surface area contributed by atoms with Crippen LogP contribution in [0.25, 0.3) is 10.9 Å². The molecule has 0 aliphatic heterocycles. The molecule has 0 radical (unpaired) electrons. The lowest BCUT2D eigenvalue weighted by Crippen LogP contribution is -2.13. The third-order valence-electron chi connectivity index (χ3n) is 3.15. The summed E-state index contributed by atoms with van der Waals surface area (Å²) in [5.41, 5.74) is 6.69. The molecule has 2 aromatic heterocycles. The molecule has 0 aliphatic carbocycles. The normalized spacial score (nSPS) is 10.5. The number of H-pyrrole nitrogens is 1. The van der Waals surface area contributed by atoms with E-state index < -0.39 is 11.8 Å². The largest absolute Gasteiger partial charge is 0.505 e. The molecule has 0 aliphatic rings. The first-order valence-electron chi connectivity index (χ1n) is 6.42. The van der Waals surface area contributed by atoms with Crippen molar-refractivity contribution in [2.24, 2.45) is 5.73 Å². The third-order valence-corrected chi connectivity index (χ3v) is 3.15. The number of pyridine rings is 1. The fraction of sp³-hybridized carbons (Fsp3) is 0. The molecule has 0 saturated carbocycles. The highest BCUT2D eigenvalue weighted by Crippen LogP contribution is 2.21. The Kier molecular flexibility index (Phi) is 3.23. The second-order valence-corrected chi connectivity index (χ2v) is 4.67. The van der Waals surface area contributed by atoms with Gasteiger partial charge in [-0.3, -0.25) is 9.59 Å². The molecule has 0 atom stereocenters. The number of carbonyl (C=O) groups excluding carboxylic acids is 2. The Bertz CT molecular complexity index is 885. The Hall–Kier alpha value is -3.35. The SMILES string of the molecule is NC(=O)c1cc2cc(NC(=O)c3ncccc3O)ccc2[nH]1. The number of nitrogens with zero attached hydrogens (tertiary/aromatic N) is 1. The molecule has 0 spiro atoms. The fourth-order valence-electron chi connectivity index (χ4n) is 2.11. The molecular weight excluding hydrogens is 284 g/mol. The van der Waals surface area contributed by atoms with Gasteiger partial charge < -0.3 is 21.1 Å². The predicted molar refractivity (Wildman–Crippen MR) is 80.7 cm³/mol. The third kappa shape index (κ3) is 2.47. The van der Waals surface area contributed by atoms with Gasteiger partial charge in [0.1, 0.15) is 11.4 Å². The first-order chi connectivity index (χ1) is 10.5. The zero-order valence-corrected chi connectivity index (χ0v) is 11.3. The molecule has 0 unspecified atom stereocenters. The van der Waals surface area contributed by atoms with Crippen LogP contribution in [0.5, 0.6) is 5.75 Å². The van der Waals surface area contributed by atoms with Crippen LogP contribution in [0.3, 0.4) is 0 Å². The minimum absolute atomic E-state index is 0.0607. The summed E-state index contributed by atoms with van der Waals surface area (Å²) >= 11 is 0. The number of nitrogens with one attached hydrogen (secondary N) is 2. The van der Waals surface area contributed by atoms with Crippen LogP contribution >= 0.6 is 0 Å². The van der Waals surface area contributed by atoms with Gasteiger partial charge in [0.25, 0.3) is 11.8 Å². The number of aromatic hydroxyl groups is 1. The number of rotatable bonds is 3. The molecule has 110 valence electrons. The van der Waals surface area contributed by atoms with Gasteiger partial charge in [-0.1, -0.05) is 0 Å².